The van der Waals surface area contributed by atoms with Crippen LogP contribution in [-0.4, -0.2) is 19.6 Å². The predicted molar refractivity (Wildman–Crippen MR) is 64.3 cm³/mol. The van der Waals surface area contributed by atoms with E-state index in [1.807, 2.05) is 0 Å². The van der Waals surface area contributed by atoms with Gasteiger partial charge in [-0.3, -0.25) is 9.52 Å². The Labute approximate surface area is 99.3 Å². The second kappa shape index (κ2) is 3.46. The zero-order valence-electron chi connectivity index (χ0n) is 9.06. The van der Waals surface area contributed by atoms with E-state index in [9.17, 15) is 13.2 Å². The van der Waals surface area contributed by atoms with Gasteiger partial charge in [0.25, 0.3) is 0 Å². The third kappa shape index (κ3) is 2.00. The number of carbonyl (C=O) groups is 1. The molecule has 1 aliphatic heterocycles. The molecule has 1 saturated carbocycles. The maximum atomic E-state index is 11.7. The van der Waals surface area contributed by atoms with Gasteiger partial charge in [0.05, 0.1) is 11.7 Å². The van der Waals surface area contributed by atoms with Crippen LogP contribution in [0.25, 0.3) is 0 Å². The summed E-state index contributed by atoms with van der Waals surface area (Å²) in [5.74, 6) is -0.0535. The fourth-order valence-corrected chi connectivity index (χ4v) is 3.30. The van der Waals surface area contributed by atoms with Crippen LogP contribution < -0.4 is 10.0 Å². The summed E-state index contributed by atoms with van der Waals surface area (Å²) in [5.41, 5.74) is 2.14. The highest BCUT2D eigenvalue weighted by Gasteiger charge is 2.35. The van der Waals surface area contributed by atoms with Gasteiger partial charge in [-0.05, 0) is 36.6 Å². The number of carbonyl (C=O) groups excluding carboxylic acids is 1. The fraction of sp³-hybridized carbons (Fsp3) is 0.364. The molecule has 2 aliphatic rings. The summed E-state index contributed by atoms with van der Waals surface area (Å²) in [7, 11) is -3.23. The first kappa shape index (κ1) is 10.6. The zero-order chi connectivity index (χ0) is 12.0. The summed E-state index contributed by atoms with van der Waals surface area (Å²) in [6.07, 6.45) is 1.79. The Morgan fingerprint density at radius 3 is 2.76 bits per heavy atom. The van der Waals surface area contributed by atoms with Crippen molar-refractivity contribution < 1.29 is 13.2 Å². The Kier molecular flexibility index (Phi) is 2.16. The molecule has 0 saturated heterocycles. The second-order valence-corrected chi connectivity index (χ2v) is 6.40. The van der Waals surface area contributed by atoms with Crippen LogP contribution in [0.1, 0.15) is 18.4 Å². The lowest BCUT2D eigenvalue weighted by Gasteiger charge is -2.08. The van der Waals surface area contributed by atoms with Gasteiger partial charge in [0, 0.05) is 11.4 Å². The van der Waals surface area contributed by atoms with E-state index < -0.39 is 10.0 Å². The lowest BCUT2D eigenvalue weighted by Crippen LogP contribution is -2.17. The minimum atomic E-state index is -3.23. The van der Waals surface area contributed by atoms with Crippen LogP contribution in [0.15, 0.2) is 18.2 Å². The average Bonchev–Trinajstić information content (AvgIpc) is 3.01. The first-order valence-electron chi connectivity index (χ1n) is 5.49. The Balaban J connectivity index is 1.86. The Morgan fingerprint density at radius 2 is 2.06 bits per heavy atom. The third-order valence-electron chi connectivity index (χ3n) is 2.95. The molecule has 0 atom stereocenters. The number of rotatable bonds is 3. The van der Waals surface area contributed by atoms with Crippen molar-refractivity contribution in [3.63, 3.8) is 0 Å². The molecule has 1 aromatic carbocycles. The lowest BCUT2D eigenvalue weighted by atomic mass is 10.1. The average molecular weight is 252 g/mol. The summed E-state index contributed by atoms with van der Waals surface area (Å²) >= 11 is 0. The molecule has 90 valence electrons. The molecule has 0 spiro atoms. The first-order valence-corrected chi connectivity index (χ1v) is 7.04. The fourth-order valence-electron chi connectivity index (χ4n) is 1.92. The van der Waals surface area contributed by atoms with Crippen molar-refractivity contribution in [3.8, 4) is 0 Å². The summed E-state index contributed by atoms with van der Waals surface area (Å²) in [6, 6.07) is 5.11. The topological polar surface area (TPSA) is 75.3 Å². The van der Waals surface area contributed by atoms with Crippen LogP contribution in [-0.2, 0) is 21.2 Å². The second-order valence-electron chi connectivity index (χ2n) is 4.44. The van der Waals surface area contributed by atoms with Crippen molar-refractivity contribution in [2.45, 2.75) is 24.5 Å². The quantitative estimate of drug-likeness (QED) is 0.845. The van der Waals surface area contributed by atoms with Gasteiger partial charge in [0.1, 0.15) is 0 Å². The van der Waals surface area contributed by atoms with Gasteiger partial charge in [0.15, 0.2) is 0 Å². The van der Waals surface area contributed by atoms with Gasteiger partial charge in [-0.1, -0.05) is 0 Å². The normalized spacial score (nSPS) is 18.7. The molecule has 0 unspecified atom stereocenters. The molecule has 1 aromatic rings. The van der Waals surface area contributed by atoms with Crippen molar-refractivity contribution in [1.82, 2.24) is 0 Å². The molecule has 2 N–H and O–H groups in total. The van der Waals surface area contributed by atoms with Gasteiger partial charge in [-0.2, -0.15) is 0 Å². The van der Waals surface area contributed by atoms with E-state index in [-0.39, 0.29) is 11.2 Å². The number of amides is 1. The summed E-state index contributed by atoms with van der Waals surface area (Å²) < 4.78 is 26.0. The third-order valence-corrected chi connectivity index (χ3v) is 4.82. The van der Waals surface area contributed by atoms with Gasteiger partial charge < -0.3 is 5.32 Å². The van der Waals surface area contributed by atoms with E-state index in [4.69, 9.17) is 0 Å². The number of fused-ring (bicyclic) bond motifs is 1. The maximum absolute atomic E-state index is 11.7. The number of sulfonamides is 1. The summed E-state index contributed by atoms with van der Waals surface area (Å²) in [6.45, 7) is 0. The molecule has 1 fully saturated rings. The number of nitrogens with one attached hydrogen (secondary N) is 2. The van der Waals surface area contributed by atoms with Crippen molar-refractivity contribution in [2.75, 3.05) is 10.0 Å². The Morgan fingerprint density at radius 1 is 1.29 bits per heavy atom. The lowest BCUT2D eigenvalue weighted by molar-refractivity contribution is -0.115. The van der Waals surface area contributed by atoms with Crippen LogP contribution in [0.5, 0.6) is 0 Å². The Bertz CT molecular complexity index is 591. The number of hydrogen-bond acceptors (Lipinski definition) is 3. The molecular weight excluding hydrogens is 240 g/mol. The minimum Gasteiger partial charge on any atom is -0.326 e. The van der Waals surface area contributed by atoms with Crippen LogP contribution in [0.4, 0.5) is 11.4 Å². The van der Waals surface area contributed by atoms with Crippen LogP contribution in [0.3, 0.4) is 0 Å². The van der Waals surface area contributed by atoms with Gasteiger partial charge in [0.2, 0.25) is 15.9 Å². The molecule has 1 heterocycles. The van der Waals surface area contributed by atoms with E-state index in [1.54, 1.807) is 18.2 Å². The molecular formula is C11H12N2O3S. The van der Waals surface area contributed by atoms with Crippen molar-refractivity contribution >= 4 is 27.3 Å². The number of hydrogen-bond donors (Lipinski definition) is 2. The maximum Gasteiger partial charge on any atom is 0.235 e. The molecule has 6 heteroatoms. The van der Waals surface area contributed by atoms with Gasteiger partial charge >= 0.3 is 0 Å². The van der Waals surface area contributed by atoms with Crippen LogP contribution in [0, 0.1) is 0 Å². The van der Waals surface area contributed by atoms with E-state index in [2.05, 4.69) is 10.0 Å². The monoisotopic (exact) mass is 252 g/mol. The van der Waals surface area contributed by atoms with Crippen LogP contribution >= 0.6 is 0 Å². The summed E-state index contributed by atoms with van der Waals surface area (Å²) in [5, 5.41) is 2.47. The van der Waals surface area contributed by atoms with Gasteiger partial charge in [-0.25, -0.2) is 8.42 Å². The highest BCUT2D eigenvalue weighted by molar-refractivity contribution is 7.93. The predicted octanol–water partition coefficient (Wildman–Crippen LogP) is 1.09. The van der Waals surface area contributed by atoms with Crippen molar-refractivity contribution in [1.29, 1.82) is 0 Å². The Hall–Kier alpha value is -1.56. The smallest absolute Gasteiger partial charge is 0.235 e. The minimum absolute atomic E-state index is 0.0535. The molecule has 3 rings (SSSR count). The van der Waals surface area contributed by atoms with E-state index in [0.717, 1.165) is 24.1 Å². The van der Waals surface area contributed by atoms with Crippen molar-refractivity contribution in [2.24, 2.45) is 0 Å². The van der Waals surface area contributed by atoms with E-state index in [0.29, 0.717) is 12.1 Å². The SMILES string of the molecule is O=C1Cc2cc(NS(=O)(=O)C3CC3)ccc2N1. The molecule has 0 bridgehead atoms. The van der Waals surface area contributed by atoms with Gasteiger partial charge in [-0.15, -0.1) is 0 Å². The first-order chi connectivity index (χ1) is 8.04. The molecule has 17 heavy (non-hydrogen) atoms. The highest BCUT2D eigenvalue weighted by atomic mass is 32.2. The largest absolute Gasteiger partial charge is 0.326 e. The van der Waals surface area contributed by atoms with E-state index >= 15 is 0 Å². The van der Waals surface area contributed by atoms with Crippen molar-refractivity contribution in [3.05, 3.63) is 23.8 Å². The number of anilines is 2. The molecule has 5 nitrogen and oxygen atoms in total. The molecule has 1 aliphatic carbocycles. The molecule has 1 amide bonds. The standard InChI is InChI=1S/C11H12N2O3S/c14-11-6-7-5-8(1-4-10(7)12-11)13-17(15,16)9-2-3-9/h1,4-5,9,13H,2-3,6H2,(H,12,14). The highest BCUT2D eigenvalue weighted by Crippen LogP contribution is 2.31. The summed E-state index contributed by atoms with van der Waals surface area (Å²) in [4.78, 5) is 11.2. The van der Waals surface area contributed by atoms with E-state index in [1.165, 1.54) is 0 Å². The zero-order valence-corrected chi connectivity index (χ0v) is 9.88. The number of benzene rings is 1. The van der Waals surface area contributed by atoms with Crippen LogP contribution in [0.2, 0.25) is 0 Å². The molecule has 0 radical (unpaired) electrons. The molecule has 0 aromatic heterocycles.